The first-order chi connectivity index (χ1) is 9.74. The Hall–Kier alpha value is -1.97. The third kappa shape index (κ3) is 2.64. The molecule has 20 heavy (non-hydrogen) atoms. The van der Waals surface area contributed by atoms with Crippen LogP contribution in [0.1, 0.15) is 24.2 Å². The fourth-order valence-electron chi connectivity index (χ4n) is 2.76. The van der Waals surface area contributed by atoms with Gasteiger partial charge in [-0.2, -0.15) is 0 Å². The second-order valence-electron chi connectivity index (χ2n) is 5.50. The van der Waals surface area contributed by atoms with Crippen LogP contribution in [0.5, 0.6) is 0 Å². The Morgan fingerprint density at radius 1 is 1.25 bits per heavy atom. The summed E-state index contributed by atoms with van der Waals surface area (Å²) < 4.78 is 2.04. The van der Waals surface area contributed by atoms with E-state index in [1.165, 1.54) is 42.9 Å². The Morgan fingerprint density at radius 3 is 2.70 bits per heavy atom. The van der Waals surface area contributed by atoms with E-state index in [9.17, 15) is 0 Å². The molecule has 0 atom stereocenters. The number of nitrogens with zero attached hydrogens (tertiary/aromatic N) is 3. The van der Waals surface area contributed by atoms with E-state index in [-0.39, 0.29) is 0 Å². The van der Waals surface area contributed by atoms with Gasteiger partial charge in [0.25, 0.3) is 0 Å². The monoisotopic (exact) mass is 270 g/mol. The molecule has 0 spiro atoms. The lowest BCUT2D eigenvalue weighted by molar-refractivity contribution is 0.812. The molecule has 1 aromatic heterocycles. The largest absolute Gasteiger partial charge is 0.378 e. The Morgan fingerprint density at radius 2 is 2.05 bits per heavy atom. The highest BCUT2D eigenvalue weighted by Crippen LogP contribution is 2.25. The number of rotatable bonds is 4. The van der Waals surface area contributed by atoms with E-state index in [4.69, 9.17) is 0 Å². The topological polar surface area (TPSA) is 33.1 Å². The van der Waals surface area contributed by atoms with E-state index in [2.05, 4.69) is 40.3 Å². The van der Waals surface area contributed by atoms with Gasteiger partial charge in [-0.1, -0.05) is 0 Å². The summed E-state index contributed by atoms with van der Waals surface area (Å²) in [7, 11) is 2.02. The van der Waals surface area contributed by atoms with E-state index in [0.29, 0.717) is 0 Å². The molecule has 106 valence electrons. The molecule has 4 nitrogen and oxygen atoms in total. The van der Waals surface area contributed by atoms with Crippen molar-refractivity contribution < 1.29 is 0 Å². The summed E-state index contributed by atoms with van der Waals surface area (Å²) in [5.41, 5.74) is 3.84. The Labute approximate surface area is 120 Å². The van der Waals surface area contributed by atoms with Gasteiger partial charge in [-0.25, -0.2) is 4.98 Å². The van der Waals surface area contributed by atoms with E-state index in [1.807, 2.05) is 24.0 Å². The van der Waals surface area contributed by atoms with Crippen LogP contribution in [0.25, 0.3) is 0 Å². The number of nitrogens with one attached hydrogen (secondary N) is 1. The predicted molar refractivity (Wildman–Crippen MR) is 83.2 cm³/mol. The standard InChI is InChI=1S/C16H22N4/c1-13-11-14(20-8-3-4-9-20)5-6-15(13)18-12-16-17-7-10-19(16)2/h5-7,10-11,18H,3-4,8-9,12H2,1-2H3. The molecule has 0 saturated carbocycles. The van der Waals surface area contributed by atoms with Crippen molar-refractivity contribution in [3.05, 3.63) is 42.0 Å². The van der Waals surface area contributed by atoms with Crippen LogP contribution in [0.3, 0.4) is 0 Å². The van der Waals surface area contributed by atoms with Crippen molar-refractivity contribution in [2.24, 2.45) is 7.05 Å². The Bertz CT molecular complexity index is 582. The van der Waals surface area contributed by atoms with Crippen LogP contribution < -0.4 is 10.2 Å². The first-order valence-electron chi connectivity index (χ1n) is 7.30. The van der Waals surface area contributed by atoms with Crippen molar-refractivity contribution in [3.63, 3.8) is 0 Å². The molecule has 1 fully saturated rings. The number of aromatic nitrogens is 2. The second-order valence-corrected chi connectivity index (χ2v) is 5.50. The lowest BCUT2D eigenvalue weighted by atomic mass is 10.1. The van der Waals surface area contributed by atoms with E-state index in [0.717, 1.165) is 12.4 Å². The average Bonchev–Trinajstić information content (AvgIpc) is 3.09. The van der Waals surface area contributed by atoms with Crippen LogP contribution in [0.15, 0.2) is 30.6 Å². The van der Waals surface area contributed by atoms with Crippen LogP contribution in [0, 0.1) is 6.92 Å². The van der Waals surface area contributed by atoms with Crippen molar-refractivity contribution in [1.82, 2.24) is 9.55 Å². The predicted octanol–water partition coefficient (Wildman–Crippen LogP) is 2.94. The van der Waals surface area contributed by atoms with E-state index < -0.39 is 0 Å². The van der Waals surface area contributed by atoms with Gasteiger partial charge < -0.3 is 14.8 Å². The zero-order valence-corrected chi connectivity index (χ0v) is 12.3. The first kappa shape index (κ1) is 13.0. The highest BCUT2D eigenvalue weighted by atomic mass is 15.1. The molecule has 1 aliphatic heterocycles. The quantitative estimate of drug-likeness (QED) is 0.927. The maximum Gasteiger partial charge on any atom is 0.127 e. The molecule has 1 saturated heterocycles. The Balaban J connectivity index is 1.69. The molecule has 0 amide bonds. The third-order valence-corrected chi connectivity index (χ3v) is 4.04. The molecule has 2 heterocycles. The van der Waals surface area contributed by atoms with Gasteiger partial charge >= 0.3 is 0 Å². The molecule has 0 unspecified atom stereocenters. The number of hydrogen-bond donors (Lipinski definition) is 1. The van der Waals surface area contributed by atoms with Gasteiger partial charge in [0.15, 0.2) is 0 Å². The molecule has 0 radical (unpaired) electrons. The molecule has 1 aliphatic rings. The minimum Gasteiger partial charge on any atom is -0.378 e. The summed E-state index contributed by atoms with van der Waals surface area (Å²) in [6.45, 7) is 5.31. The molecule has 4 heteroatoms. The number of imidazole rings is 1. The summed E-state index contributed by atoms with van der Waals surface area (Å²) in [6, 6.07) is 6.69. The van der Waals surface area contributed by atoms with Crippen LogP contribution in [-0.4, -0.2) is 22.6 Å². The number of benzene rings is 1. The summed E-state index contributed by atoms with van der Waals surface area (Å²) in [4.78, 5) is 6.80. The van der Waals surface area contributed by atoms with Crippen LogP contribution in [0.2, 0.25) is 0 Å². The van der Waals surface area contributed by atoms with Crippen molar-refractivity contribution >= 4 is 11.4 Å². The fraction of sp³-hybridized carbons (Fsp3) is 0.438. The molecule has 0 bridgehead atoms. The van der Waals surface area contributed by atoms with Gasteiger partial charge in [-0.05, 0) is 43.5 Å². The first-order valence-corrected chi connectivity index (χ1v) is 7.30. The van der Waals surface area contributed by atoms with Gasteiger partial charge in [-0.15, -0.1) is 0 Å². The van der Waals surface area contributed by atoms with Crippen molar-refractivity contribution in [1.29, 1.82) is 0 Å². The molecule has 3 rings (SSSR count). The molecular weight excluding hydrogens is 248 g/mol. The second kappa shape index (κ2) is 5.57. The van der Waals surface area contributed by atoms with Crippen LogP contribution in [-0.2, 0) is 13.6 Å². The van der Waals surface area contributed by atoms with Gasteiger partial charge in [0.2, 0.25) is 0 Å². The SMILES string of the molecule is Cc1cc(N2CCCC2)ccc1NCc1nccn1C. The number of hydrogen-bond acceptors (Lipinski definition) is 3. The normalized spacial score (nSPS) is 14.8. The van der Waals surface area contributed by atoms with Gasteiger partial charge in [-0.3, -0.25) is 0 Å². The van der Waals surface area contributed by atoms with E-state index >= 15 is 0 Å². The molecule has 1 aromatic carbocycles. The van der Waals surface area contributed by atoms with Crippen molar-refractivity contribution in [2.45, 2.75) is 26.3 Å². The van der Waals surface area contributed by atoms with Crippen molar-refractivity contribution in [3.8, 4) is 0 Å². The summed E-state index contributed by atoms with van der Waals surface area (Å²) >= 11 is 0. The average molecular weight is 270 g/mol. The van der Waals surface area contributed by atoms with Gasteiger partial charge in [0.1, 0.15) is 5.82 Å². The smallest absolute Gasteiger partial charge is 0.127 e. The fourth-order valence-corrected chi connectivity index (χ4v) is 2.76. The maximum atomic E-state index is 4.33. The third-order valence-electron chi connectivity index (χ3n) is 4.04. The van der Waals surface area contributed by atoms with Gasteiger partial charge in [0, 0.05) is 43.9 Å². The maximum absolute atomic E-state index is 4.33. The van der Waals surface area contributed by atoms with Crippen LogP contribution in [0.4, 0.5) is 11.4 Å². The van der Waals surface area contributed by atoms with Crippen LogP contribution >= 0.6 is 0 Å². The molecular formula is C16H22N4. The van der Waals surface area contributed by atoms with E-state index in [1.54, 1.807) is 0 Å². The summed E-state index contributed by atoms with van der Waals surface area (Å²) in [5.74, 6) is 1.05. The minimum absolute atomic E-state index is 0.757. The lowest BCUT2D eigenvalue weighted by Crippen LogP contribution is -2.17. The number of anilines is 2. The number of aryl methyl sites for hydroxylation is 2. The highest BCUT2D eigenvalue weighted by Gasteiger charge is 2.13. The molecule has 2 aromatic rings. The summed E-state index contributed by atoms with van der Waals surface area (Å²) in [5, 5.41) is 3.47. The van der Waals surface area contributed by atoms with Crippen molar-refractivity contribution in [2.75, 3.05) is 23.3 Å². The minimum atomic E-state index is 0.757. The molecule has 0 aliphatic carbocycles. The molecule has 1 N–H and O–H groups in total. The Kier molecular flexibility index (Phi) is 3.63. The van der Waals surface area contributed by atoms with Gasteiger partial charge in [0.05, 0.1) is 6.54 Å². The highest BCUT2D eigenvalue weighted by molar-refractivity contribution is 5.60. The summed E-state index contributed by atoms with van der Waals surface area (Å²) in [6.07, 6.45) is 6.44. The zero-order valence-electron chi connectivity index (χ0n) is 12.3. The lowest BCUT2D eigenvalue weighted by Gasteiger charge is -2.19. The zero-order chi connectivity index (χ0) is 13.9.